The molecule has 0 heterocycles. The van der Waals surface area contributed by atoms with Crippen LogP contribution in [0.5, 0.6) is 0 Å². The van der Waals surface area contributed by atoms with Crippen LogP contribution >= 0.6 is 38.5 Å². The van der Waals surface area contributed by atoms with E-state index in [1.807, 2.05) is 6.92 Å². The highest BCUT2D eigenvalue weighted by Crippen LogP contribution is 2.25. The van der Waals surface area contributed by atoms with E-state index >= 15 is 0 Å². The van der Waals surface area contributed by atoms with Crippen LogP contribution in [0, 0.1) is 3.57 Å². The van der Waals surface area contributed by atoms with Gasteiger partial charge in [0, 0.05) is 25.8 Å². The van der Waals surface area contributed by atoms with Gasteiger partial charge in [0.15, 0.2) is 0 Å². The number of hydrogen-bond donors (Lipinski definition) is 2. The van der Waals surface area contributed by atoms with Crippen LogP contribution in [0.15, 0.2) is 22.7 Å². The van der Waals surface area contributed by atoms with E-state index in [9.17, 15) is 0 Å². The first-order valence-corrected chi connectivity index (χ1v) is 6.35. The average molecular weight is 369 g/mol. The summed E-state index contributed by atoms with van der Waals surface area (Å²) >= 11 is 5.80. The van der Waals surface area contributed by atoms with Crippen LogP contribution in [0.3, 0.4) is 0 Å². The smallest absolute Gasteiger partial charge is 0.0487 e. The number of nitrogens with two attached hydrogens (primary N) is 1. The summed E-state index contributed by atoms with van der Waals surface area (Å²) in [6, 6.07) is 6.62. The summed E-state index contributed by atoms with van der Waals surface area (Å²) in [7, 11) is 0. The van der Waals surface area contributed by atoms with Crippen LogP contribution < -0.4 is 11.1 Å². The van der Waals surface area contributed by atoms with Gasteiger partial charge in [-0.15, -0.1) is 0 Å². The standard InChI is InChI=1S/C10H14BrIN2/c1-6(13)7(2)14-10-4-3-8(12)5-9(10)11/h3-7,14H,13H2,1-2H3. The Morgan fingerprint density at radius 3 is 2.57 bits per heavy atom. The third kappa shape index (κ3) is 3.40. The quantitative estimate of drug-likeness (QED) is 0.804. The molecule has 0 saturated carbocycles. The van der Waals surface area contributed by atoms with Crippen molar-refractivity contribution < 1.29 is 0 Å². The van der Waals surface area contributed by atoms with E-state index in [1.165, 1.54) is 3.57 Å². The summed E-state index contributed by atoms with van der Waals surface area (Å²) in [5.74, 6) is 0. The van der Waals surface area contributed by atoms with Crippen LogP contribution in [0.1, 0.15) is 13.8 Å². The lowest BCUT2D eigenvalue weighted by molar-refractivity contribution is 0.638. The van der Waals surface area contributed by atoms with Gasteiger partial charge in [0.05, 0.1) is 0 Å². The van der Waals surface area contributed by atoms with Gasteiger partial charge in [-0.2, -0.15) is 0 Å². The van der Waals surface area contributed by atoms with Gasteiger partial charge < -0.3 is 11.1 Å². The monoisotopic (exact) mass is 368 g/mol. The first-order chi connectivity index (χ1) is 6.50. The van der Waals surface area contributed by atoms with Gasteiger partial charge in [-0.25, -0.2) is 0 Å². The van der Waals surface area contributed by atoms with Crippen molar-refractivity contribution in [1.29, 1.82) is 0 Å². The molecule has 0 radical (unpaired) electrons. The zero-order valence-electron chi connectivity index (χ0n) is 8.22. The Labute approximate surface area is 107 Å². The molecule has 1 aromatic rings. The van der Waals surface area contributed by atoms with Gasteiger partial charge in [-0.1, -0.05) is 0 Å². The van der Waals surface area contributed by atoms with Gasteiger partial charge in [0.25, 0.3) is 0 Å². The second-order valence-corrected chi connectivity index (χ2v) is 5.52. The molecule has 2 nitrogen and oxygen atoms in total. The Kier molecular flexibility index (Phi) is 4.66. The van der Waals surface area contributed by atoms with E-state index in [-0.39, 0.29) is 12.1 Å². The first-order valence-electron chi connectivity index (χ1n) is 4.48. The largest absolute Gasteiger partial charge is 0.380 e. The first kappa shape index (κ1) is 12.3. The zero-order valence-corrected chi connectivity index (χ0v) is 12.0. The SMILES string of the molecule is CC(N)C(C)Nc1ccc(I)cc1Br. The molecule has 3 N–H and O–H groups in total. The van der Waals surface area contributed by atoms with Crippen molar-refractivity contribution in [2.24, 2.45) is 5.73 Å². The number of anilines is 1. The van der Waals surface area contributed by atoms with Crippen molar-refractivity contribution in [2.75, 3.05) is 5.32 Å². The lowest BCUT2D eigenvalue weighted by Gasteiger charge is -2.19. The molecule has 0 aliphatic rings. The fourth-order valence-electron chi connectivity index (χ4n) is 0.983. The van der Waals surface area contributed by atoms with Crippen LogP contribution in [-0.2, 0) is 0 Å². The molecule has 0 bridgehead atoms. The molecular formula is C10H14BrIN2. The molecule has 14 heavy (non-hydrogen) atoms. The van der Waals surface area contributed by atoms with Gasteiger partial charge in [0.1, 0.15) is 0 Å². The summed E-state index contributed by atoms with van der Waals surface area (Å²) in [6.07, 6.45) is 0. The molecule has 4 heteroatoms. The number of hydrogen-bond acceptors (Lipinski definition) is 2. The molecule has 0 saturated heterocycles. The lowest BCUT2D eigenvalue weighted by atomic mass is 10.2. The Balaban J connectivity index is 2.77. The van der Waals surface area contributed by atoms with Crippen molar-refractivity contribution in [3.63, 3.8) is 0 Å². The van der Waals surface area contributed by atoms with Crippen molar-refractivity contribution in [3.8, 4) is 0 Å². The third-order valence-corrected chi connectivity index (χ3v) is 3.43. The lowest BCUT2D eigenvalue weighted by Crippen LogP contribution is -2.35. The summed E-state index contributed by atoms with van der Waals surface area (Å²) in [6.45, 7) is 4.08. The number of rotatable bonds is 3. The minimum atomic E-state index is 0.140. The summed E-state index contributed by atoms with van der Waals surface area (Å²) in [4.78, 5) is 0. The van der Waals surface area contributed by atoms with Gasteiger partial charge in [0.2, 0.25) is 0 Å². The van der Waals surface area contributed by atoms with Crippen LogP contribution in [0.25, 0.3) is 0 Å². The molecular weight excluding hydrogens is 355 g/mol. The van der Waals surface area contributed by atoms with E-state index in [4.69, 9.17) is 5.73 Å². The highest BCUT2D eigenvalue weighted by molar-refractivity contribution is 14.1. The Bertz CT molecular complexity index is 315. The maximum Gasteiger partial charge on any atom is 0.0487 e. The molecule has 78 valence electrons. The molecule has 2 unspecified atom stereocenters. The molecule has 0 aliphatic heterocycles. The van der Waals surface area contributed by atoms with Crippen LogP contribution in [0.2, 0.25) is 0 Å². The van der Waals surface area contributed by atoms with Gasteiger partial charge >= 0.3 is 0 Å². The third-order valence-electron chi connectivity index (χ3n) is 2.10. The average Bonchev–Trinajstić information content (AvgIpc) is 2.09. The van der Waals surface area contributed by atoms with Crippen LogP contribution in [0.4, 0.5) is 5.69 Å². The molecule has 0 fully saturated rings. The predicted octanol–water partition coefficient (Wildman–Crippen LogP) is 3.20. The highest BCUT2D eigenvalue weighted by atomic mass is 127. The van der Waals surface area contributed by atoms with Gasteiger partial charge in [-0.3, -0.25) is 0 Å². The highest BCUT2D eigenvalue weighted by Gasteiger charge is 2.08. The Hall–Kier alpha value is 0.190. The van der Waals surface area contributed by atoms with Crippen LogP contribution in [-0.4, -0.2) is 12.1 Å². The number of nitrogens with one attached hydrogen (secondary N) is 1. The molecule has 1 aromatic carbocycles. The van der Waals surface area contributed by atoms with Crippen molar-refractivity contribution >= 4 is 44.2 Å². The van der Waals surface area contributed by atoms with Crippen molar-refractivity contribution in [2.45, 2.75) is 25.9 Å². The van der Waals surface area contributed by atoms with E-state index in [1.54, 1.807) is 0 Å². The fourth-order valence-corrected chi connectivity index (χ4v) is 2.40. The van der Waals surface area contributed by atoms with Crippen molar-refractivity contribution in [1.82, 2.24) is 0 Å². The molecule has 0 aromatic heterocycles. The predicted molar refractivity (Wildman–Crippen MR) is 73.6 cm³/mol. The topological polar surface area (TPSA) is 38.0 Å². The van der Waals surface area contributed by atoms with E-state index in [2.05, 4.69) is 69.0 Å². The maximum atomic E-state index is 5.78. The minimum absolute atomic E-state index is 0.140. The summed E-state index contributed by atoms with van der Waals surface area (Å²) < 4.78 is 2.30. The molecule has 0 amide bonds. The Morgan fingerprint density at radius 2 is 2.07 bits per heavy atom. The van der Waals surface area contributed by atoms with Gasteiger partial charge in [-0.05, 0) is 70.6 Å². The minimum Gasteiger partial charge on any atom is -0.380 e. The van der Waals surface area contributed by atoms with Crippen molar-refractivity contribution in [3.05, 3.63) is 26.2 Å². The molecule has 1 rings (SSSR count). The number of benzene rings is 1. The van der Waals surface area contributed by atoms with E-state index < -0.39 is 0 Å². The van der Waals surface area contributed by atoms with E-state index in [0.717, 1.165) is 10.2 Å². The molecule has 0 spiro atoms. The summed E-state index contributed by atoms with van der Waals surface area (Å²) in [5.41, 5.74) is 6.88. The maximum absolute atomic E-state index is 5.78. The number of halogens is 2. The second kappa shape index (κ2) is 5.32. The molecule has 2 atom stereocenters. The molecule has 0 aliphatic carbocycles. The Morgan fingerprint density at radius 1 is 1.43 bits per heavy atom. The second-order valence-electron chi connectivity index (χ2n) is 3.42. The normalized spacial score (nSPS) is 14.9. The zero-order chi connectivity index (χ0) is 10.7. The summed E-state index contributed by atoms with van der Waals surface area (Å²) in [5, 5.41) is 3.36. The van der Waals surface area contributed by atoms with E-state index in [0.29, 0.717) is 0 Å². The fraction of sp³-hybridized carbons (Fsp3) is 0.400.